The monoisotopic (exact) mass is 324 g/mol. The molecule has 0 aliphatic carbocycles. The molecule has 0 bridgehead atoms. The molecule has 0 atom stereocenters. The first-order chi connectivity index (χ1) is 7.77. The normalized spacial score (nSPS) is 9.81. The highest BCUT2D eigenvalue weighted by Crippen LogP contribution is 2.17. The quantitative estimate of drug-likeness (QED) is 0.863. The number of hydrogen-bond acceptors (Lipinski definition) is 2. The van der Waals surface area contributed by atoms with Crippen molar-refractivity contribution in [1.29, 1.82) is 0 Å². The van der Waals surface area contributed by atoms with E-state index in [0.717, 1.165) is 9.26 Å². The van der Waals surface area contributed by atoms with Gasteiger partial charge in [-0.1, -0.05) is 18.2 Å². The van der Waals surface area contributed by atoms with Crippen LogP contribution < -0.4 is 5.32 Å². The van der Waals surface area contributed by atoms with Gasteiger partial charge in [-0.25, -0.2) is 0 Å². The molecular formula is C12H9IN2O. The minimum atomic E-state index is -0.190. The molecule has 1 heterocycles. The van der Waals surface area contributed by atoms with E-state index in [1.165, 1.54) is 0 Å². The molecule has 80 valence electrons. The molecule has 0 unspecified atom stereocenters. The number of nitrogens with one attached hydrogen (secondary N) is 1. The molecule has 1 aromatic heterocycles. The zero-order valence-electron chi connectivity index (χ0n) is 8.35. The Hall–Kier alpha value is -1.43. The third-order valence-corrected chi connectivity index (χ3v) is 2.96. The minimum Gasteiger partial charge on any atom is -0.320 e. The molecule has 1 amide bonds. The Labute approximate surface area is 107 Å². The second-order valence-electron chi connectivity index (χ2n) is 3.15. The van der Waals surface area contributed by atoms with Crippen molar-refractivity contribution in [2.75, 3.05) is 5.32 Å². The summed E-state index contributed by atoms with van der Waals surface area (Å²) in [6.45, 7) is 0. The van der Waals surface area contributed by atoms with E-state index in [-0.39, 0.29) is 5.91 Å². The lowest BCUT2D eigenvalue weighted by Crippen LogP contribution is -2.13. The zero-order valence-corrected chi connectivity index (χ0v) is 10.5. The number of rotatable bonds is 2. The van der Waals surface area contributed by atoms with Crippen molar-refractivity contribution in [2.45, 2.75) is 0 Å². The summed E-state index contributed by atoms with van der Waals surface area (Å²) in [6, 6.07) is 12.9. The van der Waals surface area contributed by atoms with Crippen LogP contribution in [-0.4, -0.2) is 10.9 Å². The molecule has 0 aliphatic rings. The summed E-state index contributed by atoms with van der Waals surface area (Å²) in [5.41, 5.74) is 1.22. The molecule has 2 aromatic rings. The second-order valence-corrected chi connectivity index (χ2v) is 4.31. The molecule has 16 heavy (non-hydrogen) atoms. The van der Waals surface area contributed by atoms with E-state index in [9.17, 15) is 4.79 Å². The van der Waals surface area contributed by atoms with Gasteiger partial charge in [-0.3, -0.25) is 9.78 Å². The van der Waals surface area contributed by atoms with E-state index in [0.29, 0.717) is 5.69 Å². The van der Waals surface area contributed by atoms with Crippen LogP contribution in [0.4, 0.5) is 5.69 Å². The fourth-order valence-corrected chi connectivity index (χ4v) is 1.77. The highest BCUT2D eigenvalue weighted by atomic mass is 127. The number of halogens is 1. The predicted octanol–water partition coefficient (Wildman–Crippen LogP) is 2.94. The highest BCUT2D eigenvalue weighted by Gasteiger charge is 2.07. The van der Waals surface area contributed by atoms with E-state index < -0.39 is 0 Å². The van der Waals surface area contributed by atoms with Crippen LogP contribution >= 0.6 is 22.6 Å². The number of amides is 1. The summed E-state index contributed by atoms with van der Waals surface area (Å²) < 4.78 is 1.00. The van der Waals surface area contributed by atoms with E-state index in [2.05, 4.69) is 32.9 Å². The Morgan fingerprint density at radius 1 is 1.12 bits per heavy atom. The Balaban J connectivity index is 2.18. The van der Waals surface area contributed by atoms with Crippen molar-refractivity contribution in [3.05, 3.63) is 57.9 Å². The van der Waals surface area contributed by atoms with Crippen LogP contribution in [0.2, 0.25) is 0 Å². The lowest BCUT2D eigenvalue weighted by atomic mass is 10.3. The molecule has 0 saturated heterocycles. The third-order valence-electron chi connectivity index (χ3n) is 2.02. The van der Waals surface area contributed by atoms with Gasteiger partial charge in [0.15, 0.2) is 0 Å². The number of anilines is 1. The van der Waals surface area contributed by atoms with E-state index >= 15 is 0 Å². The summed E-state index contributed by atoms with van der Waals surface area (Å²) in [5.74, 6) is -0.190. The first-order valence-corrected chi connectivity index (χ1v) is 5.82. The second kappa shape index (κ2) is 5.07. The Bertz CT molecular complexity index is 499. The van der Waals surface area contributed by atoms with Crippen molar-refractivity contribution in [2.24, 2.45) is 0 Å². The van der Waals surface area contributed by atoms with Crippen LogP contribution in [0.1, 0.15) is 10.5 Å². The third kappa shape index (κ3) is 2.57. The van der Waals surface area contributed by atoms with Crippen molar-refractivity contribution in [1.82, 2.24) is 4.98 Å². The van der Waals surface area contributed by atoms with Gasteiger partial charge in [-0.15, -0.1) is 0 Å². The molecule has 2 rings (SSSR count). The number of carbonyl (C=O) groups is 1. The summed E-state index contributed by atoms with van der Waals surface area (Å²) in [4.78, 5) is 15.8. The largest absolute Gasteiger partial charge is 0.320 e. The van der Waals surface area contributed by atoms with Gasteiger partial charge in [0.25, 0.3) is 5.91 Å². The molecule has 3 nitrogen and oxygen atoms in total. The number of nitrogens with zero attached hydrogens (tertiary/aromatic N) is 1. The number of pyridine rings is 1. The maximum absolute atomic E-state index is 11.8. The highest BCUT2D eigenvalue weighted by molar-refractivity contribution is 14.1. The summed E-state index contributed by atoms with van der Waals surface area (Å²) in [6.07, 6.45) is 1.60. The van der Waals surface area contributed by atoms with Crippen LogP contribution in [0, 0.1) is 3.57 Å². The van der Waals surface area contributed by atoms with Gasteiger partial charge in [0, 0.05) is 9.77 Å². The van der Waals surface area contributed by atoms with Crippen LogP contribution in [0.25, 0.3) is 0 Å². The number of aromatic nitrogens is 1. The van der Waals surface area contributed by atoms with E-state index in [4.69, 9.17) is 0 Å². The molecule has 0 aliphatic heterocycles. The summed E-state index contributed by atoms with van der Waals surface area (Å²) in [7, 11) is 0. The van der Waals surface area contributed by atoms with Crippen molar-refractivity contribution in [3.8, 4) is 0 Å². The summed E-state index contributed by atoms with van der Waals surface area (Å²) in [5, 5.41) is 2.82. The molecule has 0 spiro atoms. The van der Waals surface area contributed by atoms with Crippen LogP contribution in [0.3, 0.4) is 0 Å². The van der Waals surface area contributed by atoms with Gasteiger partial charge in [-0.2, -0.15) is 0 Å². The average molecular weight is 324 g/mol. The maximum atomic E-state index is 11.8. The number of para-hydroxylation sites is 1. The maximum Gasteiger partial charge on any atom is 0.274 e. The molecule has 1 N–H and O–H groups in total. The van der Waals surface area contributed by atoms with Crippen molar-refractivity contribution < 1.29 is 4.79 Å². The Morgan fingerprint density at radius 3 is 2.56 bits per heavy atom. The fourth-order valence-electron chi connectivity index (χ4n) is 1.25. The predicted molar refractivity (Wildman–Crippen MR) is 71.3 cm³/mol. The van der Waals surface area contributed by atoms with Gasteiger partial charge in [-0.05, 0) is 46.9 Å². The van der Waals surface area contributed by atoms with E-state index in [1.54, 1.807) is 24.4 Å². The van der Waals surface area contributed by atoms with Crippen molar-refractivity contribution >= 4 is 34.2 Å². The first kappa shape index (κ1) is 11.1. The topological polar surface area (TPSA) is 42.0 Å². The number of carbonyl (C=O) groups excluding carboxylic acids is 1. The fraction of sp³-hybridized carbons (Fsp3) is 0. The lowest BCUT2D eigenvalue weighted by Gasteiger charge is -2.06. The summed E-state index contributed by atoms with van der Waals surface area (Å²) >= 11 is 2.18. The standard InChI is InChI=1S/C12H9IN2O/c13-9-5-1-2-6-10(9)15-12(16)11-7-3-4-8-14-11/h1-8H,(H,15,16). The van der Waals surface area contributed by atoms with Gasteiger partial charge >= 0.3 is 0 Å². The van der Waals surface area contributed by atoms with Crippen LogP contribution in [0.5, 0.6) is 0 Å². The Kier molecular flexibility index (Phi) is 3.51. The first-order valence-electron chi connectivity index (χ1n) is 4.74. The molecule has 4 heteroatoms. The molecule has 1 aromatic carbocycles. The van der Waals surface area contributed by atoms with Crippen LogP contribution in [0.15, 0.2) is 48.7 Å². The van der Waals surface area contributed by atoms with Gasteiger partial charge in [0.2, 0.25) is 0 Å². The number of benzene rings is 1. The minimum absolute atomic E-state index is 0.190. The average Bonchev–Trinajstić information content (AvgIpc) is 2.33. The smallest absolute Gasteiger partial charge is 0.274 e. The van der Waals surface area contributed by atoms with E-state index in [1.807, 2.05) is 24.3 Å². The van der Waals surface area contributed by atoms with Gasteiger partial charge in [0.1, 0.15) is 5.69 Å². The Morgan fingerprint density at radius 2 is 1.88 bits per heavy atom. The number of hydrogen-bond donors (Lipinski definition) is 1. The molecule has 0 saturated carbocycles. The SMILES string of the molecule is O=C(Nc1ccccc1I)c1ccccn1. The van der Waals surface area contributed by atoms with Gasteiger partial charge < -0.3 is 5.32 Å². The lowest BCUT2D eigenvalue weighted by molar-refractivity contribution is 0.102. The van der Waals surface area contributed by atoms with Crippen LogP contribution in [-0.2, 0) is 0 Å². The zero-order chi connectivity index (χ0) is 11.4. The molecule has 0 radical (unpaired) electrons. The van der Waals surface area contributed by atoms with Crippen molar-refractivity contribution in [3.63, 3.8) is 0 Å². The molecular weight excluding hydrogens is 315 g/mol. The van der Waals surface area contributed by atoms with Gasteiger partial charge in [0.05, 0.1) is 5.69 Å². The molecule has 0 fully saturated rings.